The van der Waals surface area contributed by atoms with Crippen molar-refractivity contribution in [2.75, 3.05) is 31.6 Å². The summed E-state index contributed by atoms with van der Waals surface area (Å²) in [7, 11) is 1.47. The first-order chi connectivity index (χ1) is 15.6. The average Bonchev–Trinajstić information content (AvgIpc) is 3.54. The van der Waals surface area contributed by atoms with Gasteiger partial charge in [-0.2, -0.15) is 0 Å². The van der Waals surface area contributed by atoms with E-state index in [1.807, 2.05) is 6.07 Å². The second-order valence-corrected chi connectivity index (χ2v) is 8.35. The lowest BCUT2D eigenvalue weighted by Gasteiger charge is -2.17. The molecule has 9 heteroatoms. The summed E-state index contributed by atoms with van der Waals surface area (Å²) in [6.45, 7) is 2.93. The lowest BCUT2D eigenvalue weighted by molar-refractivity contribution is 0.397. The third-order valence-electron chi connectivity index (χ3n) is 6.04. The van der Waals surface area contributed by atoms with Crippen LogP contribution in [0.1, 0.15) is 19.3 Å². The molecule has 0 amide bonds. The van der Waals surface area contributed by atoms with Gasteiger partial charge in [0.05, 0.1) is 18.5 Å². The number of methoxy groups -OCH3 is 1. The van der Waals surface area contributed by atoms with Gasteiger partial charge >= 0.3 is 0 Å². The van der Waals surface area contributed by atoms with E-state index in [-0.39, 0.29) is 16.9 Å². The number of phenolic OH excluding ortho intramolecular Hbond substituents is 1. The number of rotatable bonds is 7. The van der Waals surface area contributed by atoms with Crippen LogP contribution in [-0.2, 0) is 0 Å². The van der Waals surface area contributed by atoms with Crippen LogP contribution in [0.3, 0.4) is 0 Å². The molecule has 3 heterocycles. The Kier molecular flexibility index (Phi) is 5.57. The monoisotopic (exact) mass is 436 g/mol. The molecule has 1 saturated heterocycles. The minimum Gasteiger partial charge on any atom is -0.507 e. The molecule has 8 nitrogen and oxygen atoms in total. The highest BCUT2D eigenvalue weighted by atomic mass is 19.1. The van der Waals surface area contributed by atoms with Gasteiger partial charge in [-0.05, 0) is 56.0 Å². The fourth-order valence-corrected chi connectivity index (χ4v) is 3.99. The zero-order chi connectivity index (χ0) is 22.1. The predicted octanol–water partition coefficient (Wildman–Crippen LogP) is 3.03. The van der Waals surface area contributed by atoms with Crippen LogP contribution in [-0.4, -0.2) is 58.1 Å². The molecule has 1 aliphatic heterocycles. The molecular formula is C23H25FN6O2. The summed E-state index contributed by atoms with van der Waals surface area (Å²) in [5.41, 5.74) is 1.14. The van der Waals surface area contributed by atoms with E-state index in [2.05, 4.69) is 30.4 Å². The first kappa shape index (κ1) is 20.6. The Morgan fingerprint density at radius 1 is 1.09 bits per heavy atom. The number of benzene rings is 1. The first-order valence-electron chi connectivity index (χ1n) is 10.8. The van der Waals surface area contributed by atoms with Crippen LogP contribution in [0, 0.1) is 11.7 Å². The summed E-state index contributed by atoms with van der Waals surface area (Å²) in [4.78, 5) is 10.2. The van der Waals surface area contributed by atoms with Gasteiger partial charge in [-0.3, -0.25) is 0 Å². The molecule has 2 N–H and O–H groups in total. The van der Waals surface area contributed by atoms with E-state index in [4.69, 9.17) is 4.74 Å². The third-order valence-corrected chi connectivity index (χ3v) is 6.04. The number of ether oxygens (including phenoxy) is 1. The summed E-state index contributed by atoms with van der Waals surface area (Å²) >= 11 is 0. The highest BCUT2D eigenvalue weighted by Crippen LogP contribution is 2.35. The van der Waals surface area contributed by atoms with Crippen LogP contribution < -0.4 is 15.0 Å². The van der Waals surface area contributed by atoms with Crippen molar-refractivity contribution in [2.45, 2.75) is 25.3 Å². The van der Waals surface area contributed by atoms with Crippen LogP contribution in [0.25, 0.3) is 22.5 Å². The van der Waals surface area contributed by atoms with Crippen molar-refractivity contribution >= 4 is 5.82 Å². The molecule has 2 aromatic heterocycles. The number of nitrogens with one attached hydrogen (secondary N) is 1. The molecule has 0 bridgehead atoms. The molecule has 5 rings (SSSR count). The second kappa shape index (κ2) is 8.66. The normalized spacial score (nSPS) is 18.2. The molecule has 2 aliphatic rings. The van der Waals surface area contributed by atoms with Crippen LogP contribution in [0.4, 0.5) is 10.2 Å². The Morgan fingerprint density at radius 3 is 2.72 bits per heavy atom. The number of hydrogen-bond acceptors (Lipinski definition) is 8. The highest BCUT2D eigenvalue weighted by molar-refractivity contribution is 5.74. The van der Waals surface area contributed by atoms with Gasteiger partial charge in [-0.25, -0.2) is 14.4 Å². The molecule has 0 spiro atoms. The molecule has 1 aromatic carbocycles. The Bertz CT molecular complexity index is 1110. The number of aromatic hydroxyl groups is 1. The molecule has 0 radical (unpaired) electrons. The zero-order valence-electron chi connectivity index (χ0n) is 17.8. The predicted molar refractivity (Wildman–Crippen MR) is 118 cm³/mol. The van der Waals surface area contributed by atoms with E-state index in [0.29, 0.717) is 23.3 Å². The number of anilines is 1. The Balaban J connectivity index is 1.32. The van der Waals surface area contributed by atoms with Gasteiger partial charge in [0.2, 0.25) is 5.88 Å². The summed E-state index contributed by atoms with van der Waals surface area (Å²) in [5, 5.41) is 22.8. The van der Waals surface area contributed by atoms with Crippen LogP contribution >= 0.6 is 0 Å². The minimum absolute atomic E-state index is 0.105. The van der Waals surface area contributed by atoms with E-state index in [9.17, 15) is 9.50 Å². The summed E-state index contributed by atoms with van der Waals surface area (Å²) in [6, 6.07) is 8.19. The van der Waals surface area contributed by atoms with Crippen molar-refractivity contribution < 1.29 is 14.2 Å². The fourth-order valence-electron chi connectivity index (χ4n) is 3.99. The molecule has 1 saturated carbocycles. The van der Waals surface area contributed by atoms with Gasteiger partial charge in [-0.15, -0.1) is 10.2 Å². The van der Waals surface area contributed by atoms with Gasteiger partial charge in [0.1, 0.15) is 17.9 Å². The average molecular weight is 436 g/mol. The molecular weight excluding hydrogens is 411 g/mol. The second-order valence-electron chi connectivity index (χ2n) is 8.35. The quantitative estimate of drug-likeness (QED) is 0.584. The van der Waals surface area contributed by atoms with Crippen LogP contribution in [0.5, 0.6) is 11.6 Å². The summed E-state index contributed by atoms with van der Waals surface area (Å²) in [5.74, 6) is 1.32. The third kappa shape index (κ3) is 4.34. The Morgan fingerprint density at radius 2 is 1.97 bits per heavy atom. The van der Waals surface area contributed by atoms with Crippen molar-refractivity contribution in [3.8, 4) is 34.1 Å². The van der Waals surface area contributed by atoms with Gasteiger partial charge in [-0.1, -0.05) is 0 Å². The molecule has 2 fully saturated rings. The number of hydrogen-bond donors (Lipinski definition) is 2. The van der Waals surface area contributed by atoms with E-state index < -0.39 is 5.82 Å². The Labute approximate surface area is 185 Å². The molecule has 1 unspecified atom stereocenters. The van der Waals surface area contributed by atoms with Crippen LogP contribution in [0.2, 0.25) is 0 Å². The van der Waals surface area contributed by atoms with Crippen LogP contribution in [0.15, 0.2) is 36.7 Å². The number of nitrogens with zero attached hydrogens (tertiary/aromatic N) is 5. The topological polar surface area (TPSA) is 96.3 Å². The molecule has 3 aromatic rings. The lowest BCUT2D eigenvalue weighted by atomic mass is 10.0. The standard InChI is InChI=1S/C23H25FN6O2/c1-32-23-10-20(26-13-27-23)16-9-21(31)17(8-18(16)24)19-4-5-22(29-28-19)30-7-6-15(12-30)25-11-14-2-3-14/h4-5,8-10,13-15,25,31H,2-3,6-7,11-12H2,1H3. The van der Waals surface area contributed by atoms with Gasteiger partial charge in [0.25, 0.3) is 0 Å². The fraction of sp³-hybridized carbons (Fsp3) is 0.391. The van der Waals surface area contributed by atoms with Crippen molar-refractivity contribution in [1.29, 1.82) is 0 Å². The van der Waals surface area contributed by atoms with Gasteiger partial charge < -0.3 is 20.1 Å². The highest BCUT2D eigenvalue weighted by Gasteiger charge is 2.27. The molecule has 1 aliphatic carbocycles. The van der Waals surface area contributed by atoms with Gasteiger partial charge in [0, 0.05) is 36.3 Å². The van der Waals surface area contributed by atoms with Crippen molar-refractivity contribution in [3.63, 3.8) is 0 Å². The maximum atomic E-state index is 14.9. The largest absolute Gasteiger partial charge is 0.507 e. The molecule has 1 atom stereocenters. The number of phenols is 1. The lowest BCUT2D eigenvalue weighted by Crippen LogP contribution is -2.34. The summed E-state index contributed by atoms with van der Waals surface area (Å²) in [6.07, 6.45) is 5.06. The maximum absolute atomic E-state index is 14.9. The molecule has 32 heavy (non-hydrogen) atoms. The van der Waals surface area contributed by atoms with E-state index in [1.165, 1.54) is 44.5 Å². The van der Waals surface area contributed by atoms with E-state index in [1.54, 1.807) is 6.07 Å². The molecule has 166 valence electrons. The van der Waals surface area contributed by atoms with E-state index in [0.717, 1.165) is 37.8 Å². The zero-order valence-corrected chi connectivity index (χ0v) is 17.8. The smallest absolute Gasteiger partial charge is 0.216 e. The first-order valence-corrected chi connectivity index (χ1v) is 10.8. The number of aromatic nitrogens is 4. The van der Waals surface area contributed by atoms with Crippen molar-refractivity contribution in [1.82, 2.24) is 25.5 Å². The van der Waals surface area contributed by atoms with Crippen molar-refractivity contribution in [3.05, 3.63) is 42.5 Å². The Hall–Kier alpha value is -3.33. The summed E-state index contributed by atoms with van der Waals surface area (Å²) < 4.78 is 19.9. The van der Waals surface area contributed by atoms with E-state index >= 15 is 0 Å². The number of halogens is 1. The van der Waals surface area contributed by atoms with Crippen molar-refractivity contribution in [2.24, 2.45) is 5.92 Å². The van der Waals surface area contributed by atoms with Gasteiger partial charge in [0.15, 0.2) is 5.82 Å². The SMILES string of the molecule is COc1cc(-c2cc(O)c(-c3ccc(N4CCC(NCC5CC5)C4)nn3)cc2F)ncn1. The maximum Gasteiger partial charge on any atom is 0.216 e. The minimum atomic E-state index is -0.534.